The van der Waals surface area contributed by atoms with Crippen molar-refractivity contribution < 1.29 is 19.2 Å². The molecule has 9 heteroatoms. The van der Waals surface area contributed by atoms with Gasteiger partial charge in [0.2, 0.25) is 0 Å². The van der Waals surface area contributed by atoms with Crippen LogP contribution >= 0.6 is 0 Å². The van der Waals surface area contributed by atoms with Gasteiger partial charge in [0.25, 0.3) is 11.6 Å². The van der Waals surface area contributed by atoms with E-state index in [4.69, 9.17) is 4.74 Å². The molecule has 2 rings (SSSR count). The van der Waals surface area contributed by atoms with Gasteiger partial charge < -0.3 is 10.1 Å². The Bertz CT molecular complexity index is 930. The van der Waals surface area contributed by atoms with Gasteiger partial charge in [-0.15, -0.1) is 0 Å². The van der Waals surface area contributed by atoms with E-state index in [0.717, 1.165) is 0 Å². The number of nitrogens with zero attached hydrogens (tertiary/aromatic N) is 3. The summed E-state index contributed by atoms with van der Waals surface area (Å²) in [6.07, 6.45) is 2.88. The van der Waals surface area contributed by atoms with E-state index in [1.807, 2.05) is 0 Å². The minimum atomic E-state index is -0.879. The Morgan fingerprint density at radius 3 is 2.33 bits per heavy atom. The maximum absolute atomic E-state index is 12.5. The maximum Gasteiger partial charge on any atom is 0.351 e. The molecule has 0 spiro atoms. The van der Waals surface area contributed by atoms with E-state index in [1.54, 1.807) is 13.0 Å². The van der Waals surface area contributed by atoms with Gasteiger partial charge >= 0.3 is 5.97 Å². The van der Waals surface area contributed by atoms with Gasteiger partial charge in [0.1, 0.15) is 6.07 Å². The lowest BCUT2D eigenvalue weighted by Gasteiger charge is -2.12. The van der Waals surface area contributed by atoms with Gasteiger partial charge in [-0.2, -0.15) is 5.26 Å². The van der Waals surface area contributed by atoms with Gasteiger partial charge in [-0.05, 0) is 31.2 Å². The molecule has 27 heavy (non-hydrogen) atoms. The van der Waals surface area contributed by atoms with Crippen molar-refractivity contribution in [2.24, 2.45) is 0 Å². The first-order valence-corrected chi connectivity index (χ1v) is 7.75. The molecule has 1 aromatic carbocycles. The fourth-order valence-corrected chi connectivity index (χ4v) is 2.12. The zero-order valence-electron chi connectivity index (χ0n) is 14.2. The summed E-state index contributed by atoms with van der Waals surface area (Å²) in [4.78, 5) is 38.6. The number of nitro groups is 1. The second-order valence-electron chi connectivity index (χ2n) is 5.08. The number of non-ortho nitro benzene ring substituents is 1. The van der Waals surface area contributed by atoms with Crippen molar-refractivity contribution in [1.29, 1.82) is 5.26 Å². The van der Waals surface area contributed by atoms with E-state index < -0.39 is 16.8 Å². The van der Waals surface area contributed by atoms with Crippen LogP contribution in [0.2, 0.25) is 0 Å². The first-order valence-electron chi connectivity index (χ1n) is 7.75. The standard InChI is InChI=1S/C18H14N4O5/c1-2-27-18(24)15(11-19)16(12-7-9-20-10-8-12)21-17(23)13-3-5-14(6-4-13)22(25)26/h3-10H,2H2,1H3,(H,21,23)/b16-15+. The van der Waals surface area contributed by atoms with Crippen LogP contribution in [0.4, 0.5) is 5.69 Å². The van der Waals surface area contributed by atoms with Gasteiger partial charge in [-0.1, -0.05) is 0 Å². The highest BCUT2D eigenvalue weighted by molar-refractivity contribution is 6.07. The topological polar surface area (TPSA) is 135 Å². The molecule has 0 atom stereocenters. The van der Waals surface area contributed by atoms with Crippen molar-refractivity contribution in [3.05, 3.63) is 75.6 Å². The lowest BCUT2D eigenvalue weighted by atomic mass is 10.1. The monoisotopic (exact) mass is 366 g/mol. The van der Waals surface area contributed by atoms with E-state index in [9.17, 15) is 25.0 Å². The highest BCUT2D eigenvalue weighted by Gasteiger charge is 2.21. The minimum absolute atomic E-state index is 0.0401. The first kappa shape index (κ1) is 19.3. The molecule has 9 nitrogen and oxygen atoms in total. The van der Waals surface area contributed by atoms with Crippen molar-refractivity contribution >= 4 is 23.3 Å². The third kappa shape index (κ3) is 4.73. The van der Waals surface area contributed by atoms with Crippen LogP contribution in [-0.4, -0.2) is 28.4 Å². The van der Waals surface area contributed by atoms with Crippen molar-refractivity contribution in [3.8, 4) is 6.07 Å². The Balaban J connectivity index is 2.43. The summed E-state index contributed by atoms with van der Waals surface area (Å²) in [6, 6.07) is 9.69. The summed E-state index contributed by atoms with van der Waals surface area (Å²) in [6.45, 7) is 1.65. The molecule has 0 radical (unpaired) electrons. The van der Waals surface area contributed by atoms with Crippen LogP contribution in [0.5, 0.6) is 0 Å². The summed E-state index contributed by atoms with van der Waals surface area (Å²) >= 11 is 0. The fourth-order valence-electron chi connectivity index (χ4n) is 2.12. The number of carbonyl (C=O) groups excluding carboxylic acids is 2. The lowest BCUT2D eigenvalue weighted by molar-refractivity contribution is -0.384. The van der Waals surface area contributed by atoms with Gasteiger partial charge in [-0.3, -0.25) is 19.9 Å². The van der Waals surface area contributed by atoms with Crippen LogP contribution in [-0.2, 0) is 9.53 Å². The van der Waals surface area contributed by atoms with Crippen molar-refractivity contribution in [2.45, 2.75) is 6.92 Å². The van der Waals surface area contributed by atoms with E-state index in [0.29, 0.717) is 5.56 Å². The summed E-state index contributed by atoms with van der Waals surface area (Å²) < 4.78 is 4.87. The average molecular weight is 366 g/mol. The number of pyridine rings is 1. The SMILES string of the molecule is CCOC(=O)/C(C#N)=C(/NC(=O)c1ccc([N+](=O)[O-])cc1)c1ccncc1. The predicted molar refractivity (Wildman–Crippen MR) is 94.0 cm³/mol. The third-order valence-corrected chi connectivity index (χ3v) is 3.39. The molecule has 0 bridgehead atoms. The number of aromatic nitrogens is 1. The fraction of sp³-hybridized carbons (Fsp3) is 0.111. The molecule has 1 amide bonds. The summed E-state index contributed by atoms with van der Waals surface area (Å²) in [5.74, 6) is -1.52. The van der Waals surface area contributed by atoms with Crippen molar-refractivity contribution in [1.82, 2.24) is 10.3 Å². The van der Waals surface area contributed by atoms with E-state index in [1.165, 1.54) is 48.8 Å². The van der Waals surface area contributed by atoms with E-state index >= 15 is 0 Å². The number of nitro benzene ring substituents is 1. The zero-order valence-corrected chi connectivity index (χ0v) is 14.2. The Labute approximate surface area is 154 Å². The highest BCUT2D eigenvalue weighted by atomic mass is 16.6. The average Bonchev–Trinajstić information content (AvgIpc) is 2.68. The van der Waals surface area contributed by atoms with Crippen LogP contribution in [0.3, 0.4) is 0 Å². The summed E-state index contributed by atoms with van der Waals surface area (Å²) in [5, 5.41) is 22.6. The van der Waals surface area contributed by atoms with Crippen LogP contribution in [0, 0.1) is 21.4 Å². The van der Waals surface area contributed by atoms with Crippen molar-refractivity contribution in [2.75, 3.05) is 6.61 Å². The van der Waals surface area contributed by atoms with Gasteiger partial charge in [0.05, 0.1) is 17.2 Å². The second-order valence-corrected chi connectivity index (χ2v) is 5.08. The van der Waals surface area contributed by atoms with E-state index in [2.05, 4.69) is 10.3 Å². The van der Waals surface area contributed by atoms with Crippen LogP contribution in [0.25, 0.3) is 5.70 Å². The van der Waals surface area contributed by atoms with Gasteiger partial charge in [-0.25, -0.2) is 4.79 Å². The Morgan fingerprint density at radius 2 is 1.81 bits per heavy atom. The second kappa shape index (κ2) is 8.87. The summed E-state index contributed by atoms with van der Waals surface area (Å²) in [5.41, 5.74) is -0.0844. The molecule has 1 N–H and O–H groups in total. The first-order chi connectivity index (χ1) is 13.0. The van der Waals surface area contributed by atoms with E-state index in [-0.39, 0.29) is 29.1 Å². The maximum atomic E-state index is 12.5. The molecule has 0 fully saturated rings. The molecule has 1 heterocycles. The number of amides is 1. The number of esters is 1. The predicted octanol–water partition coefficient (Wildman–Crippen LogP) is 2.22. The Hall–Kier alpha value is -4.06. The summed E-state index contributed by atoms with van der Waals surface area (Å²) in [7, 11) is 0. The Morgan fingerprint density at radius 1 is 1.19 bits per heavy atom. The molecule has 2 aromatic rings. The molecular formula is C18H14N4O5. The number of rotatable bonds is 6. The van der Waals surface area contributed by atoms with Crippen LogP contribution < -0.4 is 5.32 Å². The third-order valence-electron chi connectivity index (χ3n) is 3.39. The highest BCUT2D eigenvalue weighted by Crippen LogP contribution is 2.18. The number of nitrogens with one attached hydrogen (secondary N) is 1. The number of benzene rings is 1. The molecule has 136 valence electrons. The quantitative estimate of drug-likeness (QED) is 0.272. The molecule has 0 saturated heterocycles. The number of carbonyl (C=O) groups is 2. The number of hydrogen-bond acceptors (Lipinski definition) is 7. The number of hydrogen-bond donors (Lipinski definition) is 1. The Kier molecular flexibility index (Phi) is 6.33. The molecule has 1 aromatic heterocycles. The normalized spacial score (nSPS) is 11.0. The van der Waals surface area contributed by atoms with Gasteiger partial charge in [0, 0.05) is 35.7 Å². The number of nitriles is 1. The van der Waals surface area contributed by atoms with Crippen LogP contribution in [0.15, 0.2) is 54.4 Å². The molecule has 0 unspecified atom stereocenters. The molecular weight excluding hydrogens is 352 g/mol. The zero-order chi connectivity index (χ0) is 19.8. The molecule has 0 aliphatic heterocycles. The molecule has 0 aliphatic rings. The minimum Gasteiger partial charge on any atom is -0.462 e. The van der Waals surface area contributed by atoms with Crippen molar-refractivity contribution in [3.63, 3.8) is 0 Å². The van der Waals surface area contributed by atoms with Crippen LogP contribution in [0.1, 0.15) is 22.8 Å². The smallest absolute Gasteiger partial charge is 0.351 e. The molecule has 0 aliphatic carbocycles. The largest absolute Gasteiger partial charge is 0.462 e. The molecule has 0 saturated carbocycles. The lowest BCUT2D eigenvalue weighted by Crippen LogP contribution is -2.25. The number of ether oxygens (including phenoxy) is 1. The van der Waals surface area contributed by atoms with Gasteiger partial charge in [0.15, 0.2) is 5.57 Å².